The number of benzene rings is 2. The molecule has 0 spiro atoms. The molecule has 2 fully saturated rings. The van der Waals surface area contributed by atoms with Gasteiger partial charge in [-0.2, -0.15) is 12.6 Å². The van der Waals surface area contributed by atoms with E-state index in [2.05, 4.69) is 92.4 Å². The number of primary amides is 1. The highest BCUT2D eigenvalue weighted by Crippen LogP contribution is 2.24. The fourth-order valence-electron chi connectivity index (χ4n) is 14.0. The van der Waals surface area contributed by atoms with Gasteiger partial charge in [-0.05, 0) is 120 Å². The Kier molecular flexibility index (Phi) is 46.2. The van der Waals surface area contributed by atoms with Crippen LogP contribution in [0.4, 0.5) is 0 Å². The molecule has 26 N–H and O–H groups in total. The molecule has 2 heterocycles. The zero-order valence-corrected chi connectivity index (χ0v) is 73.7. The molecule has 16 atom stereocenters. The number of likely N-dealkylation sites (tertiary alicyclic amines) is 2. The topological polar surface area (TPSA) is 694 Å². The molecule has 17 amide bonds. The van der Waals surface area contributed by atoms with Gasteiger partial charge in [0.2, 0.25) is 100 Å². The minimum atomic E-state index is -1.95. The van der Waals surface area contributed by atoms with Crippen LogP contribution in [0.5, 0.6) is 0 Å². The number of carboxylic acid groups (broad SMARTS) is 2. The van der Waals surface area contributed by atoms with E-state index in [9.17, 15) is 112 Å². The summed E-state index contributed by atoms with van der Waals surface area (Å²) in [5.41, 5.74) is 17.8. The summed E-state index contributed by atoms with van der Waals surface area (Å²) in [6.07, 6.45) is -2.50. The van der Waals surface area contributed by atoms with Gasteiger partial charge in [-0.1, -0.05) is 109 Å². The quantitative estimate of drug-likeness (QED) is 0.0127. The molecule has 127 heavy (non-hydrogen) atoms. The van der Waals surface area contributed by atoms with Gasteiger partial charge in [0.15, 0.2) is 5.96 Å². The van der Waals surface area contributed by atoms with Gasteiger partial charge in [-0.15, -0.1) is 0 Å². The van der Waals surface area contributed by atoms with Gasteiger partial charge in [0.05, 0.1) is 44.4 Å². The molecule has 0 saturated carbocycles. The third-order valence-electron chi connectivity index (χ3n) is 20.9. The lowest BCUT2D eigenvalue weighted by Crippen LogP contribution is -2.62. The highest BCUT2D eigenvalue weighted by atomic mass is 32.1. The third kappa shape index (κ3) is 37.1. The smallest absolute Gasteiger partial charge is 0.305 e. The molecule has 45 heteroatoms. The summed E-state index contributed by atoms with van der Waals surface area (Å²) >= 11 is 3.82. The second kappa shape index (κ2) is 54.7. The molecule has 0 aliphatic carbocycles. The maximum absolute atomic E-state index is 14.9. The number of nitrogens with one attached hydrogen (secondary N) is 16. The minimum Gasteiger partial charge on any atom is -0.481 e. The molecule has 2 aliphatic rings. The van der Waals surface area contributed by atoms with Gasteiger partial charge in [0.25, 0.3) is 0 Å². The Labute approximate surface area is 741 Å². The molecule has 44 nitrogen and oxygen atoms in total. The number of hydrogen-bond donors (Lipinski definition) is 24. The first kappa shape index (κ1) is 107. The minimum absolute atomic E-state index is 0.0204. The summed E-state index contributed by atoms with van der Waals surface area (Å²) in [6.45, 7) is 10.4. The molecule has 0 bridgehead atoms. The SMILES string of the molecule is CC[C@H](C)[C@H](NC(=O)[C@H](CCCCN)NC(=O)[C@H](CC(=O)O)NC(=O)CNC(=O)CS)C(=O)N[C@@H](Cc1ccccc1)C(=O)NCC(=O)N[C@@H](CO)C(=O)N[C@@H](CC(C)C)C(=O)N[C@@H](C)C(=O)N[C@@H](Cc1ccccc1)C(=O)N[C@@H](CC(C)C)C(=O)N1CCC[C@H]1C(=O)N[C@@H](CC(=O)O)C(=O)N[C@H](C(=O)N[C@@H](CCCNC(=N)N)C(=O)N1CCC[C@H]1C(N)=O)[C@@H](C)O. The lowest BCUT2D eigenvalue weighted by atomic mass is 9.96. The number of aliphatic hydroxyl groups is 2. The van der Waals surface area contributed by atoms with Crippen molar-refractivity contribution in [3.8, 4) is 0 Å². The van der Waals surface area contributed by atoms with Crippen molar-refractivity contribution in [2.24, 2.45) is 35.0 Å². The van der Waals surface area contributed by atoms with E-state index in [0.29, 0.717) is 24.0 Å². The largest absolute Gasteiger partial charge is 0.481 e. The lowest BCUT2D eigenvalue weighted by molar-refractivity contribution is -0.145. The number of amides is 17. The second-order valence-corrected chi connectivity index (χ2v) is 32.5. The Morgan fingerprint density at radius 1 is 0.465 bits per heavy atom. The summed E-state index contributed by atoms with van der Waals surface area (Å²) in [5.74, 6) is -21.0. The van der Waals surface area contributed by atoms with E-state index in [1.807, 2.05) is 0 Å². The maximum atomic E-state index is 14.9. The molecule has 0 radical (unpaired) electrons. The van der Waals surface area contributed by atoms with E-state index in [1.54, 1.807) is 102 Å². The normalized spacial score (nSPS) is 16.8. The van der Waals surface area contributed by atoms with E-state index >= 15 is 0 Å². The predicted molar refractivity (Wildman–Crippen MR) is 461 cm³/mol. The van der Waals surface area contributed by atoms with E-state index in [-0.39, 0.29) is 127 Å². The van der Waals surface area contributed by atoms with Crippen LogP contribution in [-0.4, -0.2) is 291 Å². The number of thiol groups is 1. The van der Waals surface area contributed by atoms with Crippen LogP contribution in [0.3, 0.4) is 0 Å². The fraction of sp³-hybridized carbons (Fsp3) is 0.610. The number of aliphatic carboxylic acids is 2. The van der Waals surface area contributed by atoms with Crippen molar-refractivity contribution >= 4 is 131 Å². The van der Waals surface area contributed by atoms with Gasteiger partial charge in [-0.3, -0.25) is 96.5 Å². The number of carbonyl (C=O) groups excluding carboxylic acids is 17. The highest BCUT2D eigenvalue weighted by molar-refractivity contribution is 7.81. The van der Waals surface area contributed by atoms with Gasteiger partial charge >= 0.3 is 11.9 Å². The average molecular weight is 1810 g/mol. The van der Waals surface area contributed by atoms with Crippen molar-refractivity contribution in [1.29, 1.82) is 5.41 Å². The molecule has 2 aromatic rings. The number of aliphatic hydroxyl groups excluding tert-OH is 2. The van der Waals surface area contributed by atoms with Crippen molar-refractivity contribution in [2.75, 3.05) is 51.6 Å². The standard InChI is InChI=1S/C82H127N21O23S/c1-9-45(6)66(100-71(116)50(25-16-17-29-83)93-74(119)55(37-64(109)110)91-61(106)39-88-63(108)42-127)78(123)98-53(35-48-21-12-10-13-22-48)70(115)89-40-62(107)92-58(41-104)76(121)96-52(33-43(2)3)72(117)90-46(7)69(114)95-54(36-49-23-14-11-15-24-49)73(118)99-57(34-44(4)5)81(126)103-32-20-28-60(103)77(122)97-56(38-65(111)112)75(120)101-67(47(8)105)79(124)94-51(26-18-30-87-82(85)86)80(125)102-31-19-27-59(102)68(84)113/h10-15,21-24,43-47,50-60,66-67,104-105,127H,9,16-20,25-42,83H2,1-8H3,(H2,84,113)(H,88,108)(H,89,115)(H,90,117)(H,91,106)(H,92,107)(H,93,119)(H,94,124)(H,95,114)(H,96,121)(H,97,122)(H,98,123)(H,99,118)(H,100,116)(H,101,120)(H,109,110)(H,111,112)(H4,85,86,87)/t45-,46-,47+,50-,51-,52-,53-,54-,55-,56-,57-,58-,59-,60-,66-,67-/m0/s1. The molecule has 2 saturated heterocycles. The van der Waals surface area contributed by atoms with Crippen molar-refractivity contribution in [2.45, 2.75) is 249 Å². The van der Waals surface area contributed by atoms with Gasteiger partial charge in [-0.25, -0.2) is 0 Å². The molecule has 0 unspecified atom stereocenters. The summed E-state index contributed by atoms with van der Waals surface area (Å²) in [7, 11) is 0. The van der Waals surface area contributed by atoms with Crippen LogP contribution in [-0.2, 0) is 104 Å². The Bertz CT molecular complexity index is 4130. The molecule has 0 aromatic heterocycles. The summed E-state index contributed by atoms with van der Waals surface area (Å²) in [6, 6.07) is -4.53. The maximum Gasteiger partial charge on any atom is 0.305 e. The predicted octanol–water partition coefficient (Wildman–Crippen LogP) is -6.21. The summed E-state index contributed by atoms with van der Waals surface area (Å²) in [4.78, 5) is 262. The van der Waals surface area contributed by atoms with Gasteiger partial charge in [0.1, 0.15) is 84.6 Å². The van der Waals surface area contributed by atoms with Crippen molar-refractivity contribution in [1.82, 2.24) is 89.6 Å². The van der Waals surface area contributed by atoms with Crippen LogP contribution in [0.15, 0.2) is 60.7 Å². The van der Waals surface area contributed by atoms with Crippen LogP contribution in [0.25, 0.3) is 0 Å². The van der Waals surface area contributed by atoms with Gasteiger partial charge in [0, 0.05) is 32.5 Å². The van der Waals surface area contributed by atoms with Crippen LogP contribution in [0.2, 0.25) is 0 Å². The lowest BCUT2D eigenvalue weighted by Gasteiger charge is -2.32. The summed E-state index contributed by atoms with van der Waals surface area (Å²) < 4.78 is 0. The average Bonchev–Trinajstić information content (AvgIpc) is 1.73. The van der Waals surface area contributed by atoms with Crippen LogP contribution >= 0.6 is 12.6 Å². The number of carbonyl (C=O) groups is 19. The molecule has 4 rings (SSSR count). The van der Waals surface area contributed by atoms with Gasteiger partial charge < -0.3 is 127 Å². The van der Waals surface area contributed by atoms with Crippen LogP contribution < -0.4 is 97.0 Å². The number of nitrogens with zero attached hydrogens (tertiary/aromatic N) is 2. The molecule has 704 valence electrons. The highest BCUT2D eigenvalue weighted by Gasteiger charge is 2.44. The molecular weight excluding hydrogens is 1680 g/mol. The van der Waals surface area contributed by atoms with E-state index in [4.69, 9.17) is 22.6 Å². The van der Waals surface area contributed by atoms with Crippen LogP contribution in [0.1, 0.15) is 156 Å². The van der Waals surface area contributed by atoms with E-state index in [0.717, 1.165) is 11.8 Å². The number of guanidine groups is 1. The van der Waals surface area contributed by atoms with E-state index < -0.39 is 242 Å². The third-order valence-corrected chi connectivity index (χ3v) is 21.2. The Morgan fingerprint density at radius 3 is 1.43 bits per heavy atom. The van der Waals surface area contributed by atoms with Crippen molar-refractivity contribution < 1.29 is 112 Å². The Hall–Kier alpha value is -12.1. The molecule has 2 aliphatic heterocycles. The van der Waals surface area contributed by atoms with Crippen LogP contribution in [0, 0.1) is 23.2 Å². The van der Waals surface area contributed by atoms with E-state index in [1.165, 1.54) is 11.8 Å². The first-order valence-corrected chi connectivity index (χ1v) is 42.9. The molecular formula is C82H127N21O23S. The Balaban J connectivity index is 1.49. The first-order chi connectivity index (χ1) is 60.0. The fourth-order valence-corrected chi connectivity index (χ4v) is 14.1. The van der Waals surface area contributed by atoms with Crippen molar-refractivity contribution in [3.05, 3.63) is 71.8 Å². The first-order valence-electron chi connectivity index (χ1n) is 42.3. The number of carboxylic acids is 2. The van der Waals surface area contributed by atoms with Crippen molar-refractivity contribution in [3.63, 3.8) is 0 Å². The summed E-state index contributed by atoms with van der Waals surface area (Å²) in [5, 5.41) is 85.5. The zero-order valence-electron chi connectivity index (χ0n) is 72.8. The Morgan fingerprint density at radius 2 is 0.898 bits per heavy atom. The monoisotopic (exact) mass is 1810 g/mol. The number of hydrogen-bond acceptors (Lipinski definition) is 24. The number of unbranched alkanes of at least 4 members (excludes halogenated alkanes) is 1. The molecule has 2 aromatic carbocycles. The zero-order chi connectivity index (χ0) is 94.9. The number of nitrogens with two attached hydrogens (primary N) is 3. The second-order valence-electron chi connectivity index (χ2n) is 32.2. The number of rotatable bonds is 55.